The summed E-state index contributed by atoms with van der Waals surface area (Å²) < 4.78 is 1.13. The smallest absolute Gasteiger partial charge is 0.335 e. The van der Waals surface area contributed by atoms with E-state index in [-0.39, 0.29) is 5.56 Å². The second-order valence-corrected chi connectivity index (χ2v) is 6.86. The van der Waals surface area contributed by atoms with Crippen LogP contribution in [0.25, 0.3) is 21.0 Å². The van der Waals surface area contributed by atoms with E-state index in [2.05, 4.69) is 30.5 Å². The van der Waals surface area contributed by atoms with Crippen LogP contribution in [0.15, 0.2) is 53.1 Å². The number of nitrogens with one attached hydrogen (secondary N) is 1. The van der Waals surface area contributed by atoms with Crippen molar-refractivity contribution in [2.75, 3.05) is 5.32 Å². The van der Waals surface area contributed by atoms with Gasteiger partial charge in [-0.15, -0.1) is 11.3 Å². The van der Waals surface area contributed by atoms with Gasteiger partial charge in [-0.2, -0.15) is 0 Å². The Balaban J connectivity index is 1.88. The van der Waals surface area contributed by atoms with Crippen LogP contribution in [0.1, 0.15) is 30.1 Å². The monoisotopic (exact) mass is 336 g/mol. The van der Waals surface area contributed by atoms with E-state index in [1.54, 1.807) is 23.5 Å². The van der Waals surface area contributed by atoms with Crippen molar-refractivity contribution < 1.29 is 9.90 Å². The third-order valence-corrected chi connectivity index (χ3v) is 5.15. The molecule has 0 saturated carbocycles. The topological polar surface area (TPSA) is 62.2 Å². The third kappa shape index (κ3) is 2.57. The average molecular weight is 336 g/mol. The Bertz CT molecular complexity index is 1030. The van der Waals surface area contributed by atoms with Crippen molar-refractivity contribution >= 4 is 44.1 Å². The highest BCUT2D eigenvalue weighted by Crippen LogP contribution is 2.35. The maximum atomic E-state index is 11.2. The van der Waals surface area contributed by atoms with Gasteiger partial charge in [0.2, 0.25) is 0 Å². The highest BCUT2D eigenvalue weighted by Gasteiger charge is 2.13. The van der Waals surface area contributed by atoms with E-state index in [9.17, 15) is 9.90 Å². The molecule has 0 spiro atoms. The number of thiophene rings is 1. The quantitative estimate of drug-likeness (QED) is 0.691. The summed E-state index contributed by atoms with van der Waals surface area (Å²) in [5.41, 5.74) is 3.35. The summed E-state index contributed by atoms with van der Waals surface area (Å²) in [5, 5.41) is 16.8. The van der Waals surface area contributed by atoms with Gasteiger partial charge >= 0.3 is 5.97 Å². The molecular weight excluding hydrogens is 320 g/mol. The molecule has 2 heterocycles. The zero-order valence-electron chi connectivity index (χ0n) is 13.2. The molecule has 1 aliphatic rings. The number of carboxylic acids is 1. The molecule has 0 fully saturated rings. The van der Waals surface area contributed by atoms with E-state index < -0.39 is 5.97 Å². The van der Waals surface area contributed by atoms with Gasteiger partial charge < -0.3 is 10.4 Å². The van der Waals surface area contributed by atoms with Gasteiger partial charge in [-0.25, -0.2) is 9.78 Å². The number of pyridine rings is 1. The molecular formula is C19H16N2O2S. The number of allylic oxidation sites excluding steroid dienone is 4. The number of rotatable bonds is 3. The molecule has 4 nitrogen and oxygen atoms in total. The number of aromatic carboxylic acids is 1. The van der Waals surface area contributed by atoms with Gasteiger partial charge in [-0.05, 0) is 49.4 Å². The van der Waals surface area contributed by atoms with Crippen LogP contribution in [0, 0.1) is 0 Å². The molecule has 0 aliphatic heterocycles. The summed E-state index contributed by atoms with van der Waals surface area (Å²) in [5.74, 6) is -0.141. The molecule has 0 radical (unpaired) electrons. The van der Waals surface area contributed by atoms with Gasteiger partial charge in [0.1, 0.15) is 5.82 Å². The maximum Gasteiger partial charge on any atom is 0.335 e. The number of fused-ring (bicyclic) bond motifs is 3. The number of benzene rings is 1. The van der Waals surface area contributed by atoms with Crippen molar-refractivity contribution in [3.8, 4) is 0 Å². The molecule has 5 heteroatoms. The lowest BCUT2D eigenvalue weighted by molar-refractivity contribution is 0.0697. The standard InChI is InChI=1S/C19H16N2O2S/c1-11-3-2-4-13(9-11)20-18-15-7-8-24-17(15)14-6-5-12(19(22)23)10-16(14)21-18/h3,5-10H,2,4H2,1H3,(H,20,21)(H,22,23). The summed E-state index contributed by atoms with van der Waals surface area (Å²) in [7, 11) is 0. The second-order valence-electron chi connectivity index (χ2n) is 5.94. The van der Waals surface area contributed by atoms with Crippen molar-refractivity contribution in [2.24, 2.45) is 0 Å². The van der Waals surface area contributed by atoms with Gasteiger partial charge in [-0.3, -0.25) is 0 Å². The molecule has 1 aliphatic carbocycles. The van der Waals surface area contributed by atoms with Gasteiger partial charge in [0.05, 0.1) is 11.1 Å². The van der Waals surface area contributed by atoms with Crippen LogP contribution < -0.4 is 5.32 Å². The highest BCUT2D eigenvalue weighted by atomic mass is 32.1. The third-order valence-electron chi connectivity index (χ3n) is 4.20. The molecule has 4 rings (SSSR count). The predicted octanol–water partition coefficient (Wildman–Crippen LogP) is 5.18. The first-order chi connectivity index (χ1) is 11.6. The number of hydrogen-bond acceptors (Lipinski definition) is 4. The molecule has 0 saturated heterocycles. The summed E-state index contributed by atoms with van der Waals surface area (Å²) in [6.07, 6.45) is 6.34. The summed E-state index contributed by atoms with van der Waals surface area (Å²) >= 11 is 1.65. The maximum absolute atomic E-state index is 11.2. The van der Waals surface area contributed by atoms with Gasteiger partial charge in [0.15, 0.2) is 0 Å². The lowest BCUT2D eigenvalue weighted by Gasteiger charge is -2.15. The lowest BCUT2D eigenvalue weighted by atomic mass is 10.1. The van der Waals surface area contributed by atoms with E-state index in [4.69, 9.17) is 4.98 Å². The average Bonchev–Trinajstić information content (AvgIpc) is 3.04. The first-order valence-corrected chi connectivity index (χ1v) is 8.68. The SMILES string of the molecule is CC1=CCCC(Nc2nc3cc(C(=O)O)ccc3c3sccc23)=C1. The Hall–Kier alpha value is -2.66. The van der Waals surface area contributed by atoms with Crippen LogP contribution >= 0.6 is 11.3 Å². The van der Waals surface area contributed by atoms with Crippen molar-refractivity contribution in [2.45, 2.75) is 19.8 Å². The number of carbonyl (C=O) groups is 1. The Morgan fingerprint density at radius 3 is 2.96 bits per heavy atom. The Kier molecular flexibility index (Phi) is 3.58. The lowest BCUT2D eigenvalue weighted by Crippen LogP contribution is -2.05. The van der Waals surface area contributed by atoms with Crippen LogP contribution in [0.5, 0.6) is 0 Å². The summed E-state index contributed by atoms with van der Waals surface area (Å²) in [6.45, 7) is 2.09. The first-order valence-electron chi connectivity index (χ1n) is 7.80. The van der Waals surface area contributed by atoms with E-state index in [0.717, 1.165) is 39.8 Å². The fourth-order valence-electron chi connectivity index (χ4n) is 3.04. The summed E-state index contributed by atoms with van der Waals surface area (Å²) in [4.78, 5) is 15.9. The van der Waals surface area contributed by atoms with Crippen molar-refractivity contribution in [1.29, 1.82) is 0 Å². The normalized spacial score (nSPS) is 14.5. The fraction of sp³-hybridized carbons (Fsp3) is 0.158. The Morgan fingerprint density at radius 2 is 2.17 bits per heavy atom. The van der Waals surface area contributed by atoms with Crippen molar-refractivity contribution in [1.82, 2.24) is 4.98 Å². The van der Waals surface area contributed by atoms with E-state index in [1.807, 2.05) is 11.4 Å². The first kappa shape index (κ1) is 14.9. The van der Waals surface area contributed by atoms with E-state index in [0.29, 0.717) is 5.52 Å². The number of nitrogens with zero attached hydrogens (tertiary/aromatic N) is 1. The zero-order valence-corrected chi connectivity index (χ0v) is 14.0. The number of aromatic nitrogens is 1. The van der Waals surface area contributed by atoms with E-state index >= 15 is 0 Å². The Morgan fingerprint density at radius 1 is 1.29 bits per heavy atom. The van der Waals surface area contributed by atoms with Crippen LogP contribution in [0.2, 0.25) is 0 Å². The minimum atomic E-state index is -0.935. The molecule has 0 unspecified atom stereocenters. The molecule has 2 aromatic heterocycles. The minimum Gasteiger partial charge on any atom is -0.478 e. The molecule has 3 aromatic rings. The molecule has 0 atom stereocenters. The van der Waals surface area contributed by atoms with Crippen LogP contribution in [-0.2, 0) is 0 Å². The highest BCUT2D eigenvalue weighted by molar-refractivity contribution is 7.18. The fourth-order valence-corrected chi connectivity index (χ4v) is 3.97. The van der Waals surface area contributed by atoms with Gasteiger partial charge in [-0.1, -0.05) is 17.7 Å². The van der Waals surface area contributed by atoms with Gasteiger partial charge in [0.25, 0.3) is 0 Å². The molecule has 120 valence electrons. The molecule has 0 bridgehead atoms. The number of hydrogen-bond donors (Lipinski definition) is 2. The minimum absolute atomic E-state index is 0.257. The predicted molar refractivity (Wildman–Crippen MR) is 98.8 cm³/mol. The van der Waals surface area contributed by atoms with E-state index in [1.165, 1.54) is 5.57 Å². The zero-order chi connectivity index (χ0) is 16.7. The largest absolute Gasteiger partial charge is 0.478 e. The van der Waals surface area contributed by atoms with Crippen LogP contribution in [0.4, 0.5) is 5.82 Å². The molecule has 0 amide bonds. The number of anilines is 1. The Labute approximate surface area is 143 Å². The van der Waals surface area contributed by atoms with Gasteiger partial charge in [0, 0.05) is 21.2 Å². The van der Waals surface area contributed by atoms with Crippen LogP contribution in [-0.4, -0.2) is 16.1 Å². The molecule has 24 heavy (non-hydrogen) atoms. The van der Waals surface area contributed by atoms with Crippen LogP contribution in [0.3, 0.4) is 0 Å². The van der Waals surface area contributed by atoms with Crippen molar-refractivity contribution in [3.63, 3.8) is 0 Å². The van der Waals surface area contributed by atoms with Crippen molar-refractivity contribution in [3.05, 3.63) is 58.6 Å². The molecule has 1 aromatic carbocycles. The number of carboxylic acid groups (broad SMARTS) is 1. The molecule has 2 N–H and O–H groups in total. The summed E-state index contributed by atoms with van der Waals surface area (Å²) in [6, 6.07) is 7.19. The second kappa shape index (κ2) is 5.76.